The minimum absolute atomic E-state index is 0.539. The Hall–Kier alpha value is 0.620. The molecule has 0 aliphatic heterocycles. The molecule has 1 aliphatic rings. The SMILES string of the molecule is CNC(c1cc(Br)c(Br)s1)C1CC1C. The molecule has 3 atom stereocenters. The largest absolute Gasteiger partial charge is 0.312 e. The molecule has 1 saturated carbocycles. The average molecular weight is 339 g/mol. The molecule has 1 N–H and O–H groups in total. The minimum atomic E-state index is 0.539. The van der Waals surface area contributed by atoms with Gasteiger partial charge in [0.2, 0.25) is 0 Å². The number of thiophene rings is 1. The summed E-state index contributed by atoms with van der Waals surface area (Å²) in [5, 5.41) is 3.42. The first-order valence-corrected chi connectivity index (χ1v) is 7.15. The van der Waals surface area contributed by atoms with Gasteiger partial charge >= 0.3 is 0 Å². The van der Waals surface area contributed by atoms with Crippen molar-refractivity contribution in [2.24, 2.45) is 11.8 Å². The molecule has 1 heterocycles. The molecule has 3 unspecified atom stereocenters. The van der Waals surface area contributed by atoms with Crippen LogP contribution in [-0.4, -0.2) is 7.05 Å². The molecule has 1 nitrogen and oxygen atoms in total. The molecule has 1 aromatic heterocycles. The second-order valence-electron chi connectivity index (χ2n) is 3.91. The van der Waals surface area contributed by atoms with Crippen molar-refractivity contribution in [3.8, 4) is 0 Å². The molecule has 2 rings (SSSR count). The number of rotatable bonds is 3. The van der Waals surface area contributed by atoms with Gasteiger partial charge in [-0.25, -0.2) is 0 Å². The van der Waals surface area contributed by atoms with E-state index in [1.807, 2.05) is 11.3 Å². The summed E-state index contributed by atoms with van der Waals surface area (Å²) in [6, 6.07) is 2.76. The molecule has 1 fully saturated rings. The van der Waals surface area contributed by atoms with Gasteiger partial charge in [0.25, 0.3) is 0 Å². The van der Waals surface area contributed by atoms with Gasteiger partial charge in [0.15, 0.2) is 0 Å². The highest BCUT2D eigenvalue weighted by atomic mass is 79.9. The first kappa shape index (κ1) is 11.1. The zero-order valence-corrected chi connectivity index (χ0v) is 12.2. The second kappa shape index (κ2) is 4.24. The van der Waals surface area contributed by atoms with Gasteiger partial charge in [-0.15, -0.1) is 11.3 Å². The van der Waals surface area contributed by atoms with Gasteiger partial charge in [-0.2, -0.15) is 0 Å². The summed E-state index contributed by atoms with van der Waals surface area (Å²) >= 11 is 8.90. The van der Waals surface area contributed by atoms with E-state index in [1.165, 1.54) is 19.6 Å². The van der Waals surface area contributed by atoms with Crippen molar-refractivity contribution in [3.05, 3.63) is 19.2 Å². The zero-order valence-electron chi connectivity index (χ0n) is 8.18. The monoisotopic (exact) mass is 337 g/mol. The van der Waals surface area contributed by atoms with E-state index < -0.39 is 0 Å². The van der Waals surface area contributed by atoms with Crippen molar-refractivity contribution in [2.75, 3.05) is 7.05 Å². The predicted octanol–water partition coefficient (Wildman–Crippen LogP) is 4.19. The first-order chi connectivity index (χ1) is 6.63. The van der Waals surface area contributed by atoms with Crippen LogP contribution in [0.4, 0.5) is 0 Å². The van der Waals surface area contributed by atoms with Gasteiger partial charge in [0.1, 0.15) is 0 Å². The van der Waals surface area contributed by atoms with Crippen LogP contribution >= 0.6 is 43.2 Å². The van der Waals surface area contributed by atoms with E-state index in [9.17, 15) is 0 Å². The second-order valence-corrected chi connectivity index (χ2v) is 7.17. The molecule has 1 aliphatic carbocycles. The van der Waals surface area contributed by atoms with Crippen LogP contribution in [0.15, 0.2) is 14.3 Å². The molecule has 1 aromatic rings. The molecule has 14 heavy (non-hydrogen) atoms. The van der Waals surface area contributed by atoms with Crippen molar-refractivity contribution in [1.82, 2.24) is 5.32 Å². The Balaban J connectivity index is 2.19. The topological polar surface area (TPSA) is 12.0 Å². The van der Waals surface area contributed by atoms with Crippen LogP contribution < -0.4 is 5.32 Å². The van der Waals surface area contributed by atoms with Crippen molar-refractivity contribution in [1.29, 1.82) is 0 Å². The fraction of sp³-hybridized carbons (Fsp3) is 0.600. The maximum atomic E-state index is 3.54. The highest BCUT2D eigenvalue weighted by Crippen LogP contribution is 2.49. The Labute approximate surface area is 106 Å². The summed E-state index contributed by atoms with van der Waals surface area (Å²) in [5.41, 5.74) is 0. The van der Waals surface area contributed by atoms with E-state index in [1.54, 1.807) is 0 Å². The Morgan fingerprint density at radius 1 is 1.57 bits per heavy atom. The van der Waals surface area contributed by atoms with Crippen molar-refractivity contribution in [2.45, 2.75) is 19.4 Å². The third-order valence-electron chi connectivity index (χ3n) is 2.88. The Morgan fingerprint density at radius 3 is 2.57 bits per heavy atom. The molecule has 0 radical (unpaired) electrons. The van der Waals surface area contributed by atoms with Gasteiger partial charge in [0, 0.05) is 15.4 Å². The fourth-order valence-corrected chi connectivity index (χ4v) is 4.18. The first-order valence-electron chi connectivity index (χ1n) is 4.75. The quantitative estimate of drug-likeness (QED) is 0.871. The molecule has 0 bridgehead atoms. The lowest BCUT2D eigenvalue weighted by Crippen LogP contribution is -2.17. The molecule has 4 heteroatoms. The van der Waals surface area contributed by atoms with Crippen LogP contribution in [0.25, 0.3) is 0 Å². The van der Waals surface area contributed by atoms with Crippen LogP contribution in [0.3, 0.4) is 0 Å². The molecular formula is C10H13Br2NS. The fourth-order valence-electron chi connectivity index (χ4n) is 1.90. The molecule has 78 valence electrons. The third kappa shape index (κ3) is 2.08. The summed E-state index contributed by atoms with van der Waals surface area (Å²) in [7, 11) is 2.05. The van der Waals surface area contributed by atoms with Crippen molar-refractivity contribution >= 4 is 43.2 Å². The Bertz CT molecular complexity index is 317. The molecule has 0 amide bonds. The summed E-state index contributed by atoms with van der Waals surface area (Å²) < 4.78 is 2.37. The van der Waals surface area contributed by atoms with Crippen molar-refractivity contribution in [3.63, 3.8) is 0 Å². The van der Waals surface area contributed by atoms with Crippen LogP contribution in [-0.2, 0) is 0 Å². The number of halogens is 2. The minimum Gasteiger partial charge on any atom is -0.312 e. The lowest BCUT2D eigenvalue weighted by Gasteiger charge is -2.13. The van der Waals surface area contributed by atoms with E-state index in [2.05, 4.69) is 57.2 Å². The van der Waals surface area contributed by atoms with E-state index in [0.29, 0.717) is 6.04 Å². The lowest BCUT2D eigenvalue weighted by atomic mass is 10.1. The maximum absolute atomic E-state index is 3.54. The van der Waals surface area contributed by atoms with Gasteiger partial charge in [-0.05, 0) is 63.2 Å². The Kier molecular flexibility index (Phi) is 3.37. The standard InChI is InChI=1S/C10H13Br2NS/c1-5-3-6(5)9(13-2)8-4-7(11)10(12)14-8/h4-6,9,13H,3H2,1-2H3. The predicted molar refractivity (Wildman–Crippen MR) is 68.8 cm³/mol. The lowest BCUT2D eigenvalue weighted by molar-refractivity contribution is 0.512. The van der Waals surface area contributed by atoms with Crippen LogP contribution in [0.2, 0.25) is 0 Å². The molecular weight excluding hydrogens is 326 g/mol. The van der Waals surface area contributed by atoms with Gasteiger partial charge < -0.3 is 5.32 Å². The molecule has 0 spiro atoms. The highest BCUT2D eigenvalue weighted by molar-refractivity contribution is 9.13. The van der Waals surface area contributed by atoms with Gasteiger partial charge in [0.05, 0.1) is 3.79 Å². The average Bonchev–Trinajstić information content (AvgIpc) is 2.74. The summed E-state index contributed by atoms with van der Waals surface area (Å²) in [4.78, 5) is 1.43. The summed E-state index contributed by atoms with van der Waals surface area (Å²) in [5.74, 6) is 1.71. The van der Waals surface area contributed by atoms with E-state index in [0.717, 1.165) is 11.8 Å². The van der Waals surface area contributed by atoms with Crippen molar-refractivity contribution < 1.29 is 0 Å². The van der Waals surface area contributed by atoms with E-state index in [-0.39, 0.29) is 0 Å². The number of hydrogen-bond donors (Lipinski definition) is 1. The van der Waals surface area contributed by atoms with Crippen LogP contribution in [0.5, 0.6) is 0 Å². The Morgan fingerprint density at radius 2 is 2.21 bits per heavy atom. The molecule has 0 saturated heterocycles. The third-order valence-corrected chi connectivity index (χ3v) is 6.22. The van der Waals surface area contributed by atoms with E-state index in [4.69, 9.17) is 0 Å². The summed E-state index contributed by atoms with van der Waals surface area (Å²) in [6.45, 7) is 2.33. The highest BCUT2D eigenvalue weighted by Gasteiger charge is 2.40. The number of nitrogens with one attached hydrogen (secondary N) is 1. The van der Waals surface area contributed by atoms with Crippen LogP contribution in [0, 0.1) is 11.8 Å². The smallest absolute Gasteiger partial charge is 0.0843 e. The van der Waals surface area contributed by atoms with Crippen LogP contribution in [0.1, 0.15) is 24.3 Å². The van der Waals surface area contributed by atoms with Gasteiger partial charge in [-0.3, -0.25) is 0 Å². The van der Waals surface area contributed by atoms with Gasteiger partial charge in [-0.1, -0.05) is 6.92 Å². The maximum Gasteiger partial charge on any atom is 0.0843 e. The number of hydrogen-bond acceptors (Lipinski definition) is 2. The normalized spacial score (nSPS) is 27.7. The molecule has 0 aromatic carbocycles. The summed E-state index contributed by atoms with van der Waals surface area (Å²) in [6.07, 6.45) is 1.36. The van der Waals surface area contributed by atoms with E-state index >= 15 is 0 Å². The zero-order chi connectivity index (χ0) is 10.3.